The summed E-state index contributed by atoms with van der Waals surface area (Å²) in [5.74, 6) is -1.24. The number of hydrogen-bond donors (Lipinski definition) is 3. The first-order valence-electron chi connectivity index (χ1n) is 6.36. The van der Waals surface area contributed by atoms with Crippen molar-refractivity contribution in [1.29, 1.82) is 0 Å². The Balaban J connectivity index is 0. The fraction of sp³-hybridized carbons (Fsp3) is 0.429. The number of thioether (sulfide) groups is 1. The number of nitrogens with one attached hydrogen (secondary N) is 1. The molecule has 0 aliphatic rings. The van der Waals surface area contributed by atoms with Crippen LogP contribution in [-0.4, -0.2) is 47.2 Å². The van der Waals surface area contributed by atoms with Crippen molar-refractivity contribution < 1.29 is 24.2 Å². The minimum Gasteiger partial charge on any atom is -0.480 e. The van der Waals surface area contributed by atoms with Crippen molar-refractivity contribution in [3.8, 4) is 0 Å². The van der Waals surface area contributed by atoms with E-state index < -0.39 is 24.2 Å². The van der Waals surface area contributed by atoms with Crippen molar-refractivity contribution in [1.82, 2.24) is 5.32 Å². The van der Waals surface area contributed by atoms with Crippen LogP contribution in [0.25, 0.3) is 0 Å². The van der Waals surface area contributed by atoms with Crippen LogP contribution in [-0.2, 0) is 4.79 Å². The monoisotopic (exact) mass is 319 g/mol. The summed E-state index contributed by atoms with van der Waals surface area (Å²) in [6.07, 6.45) is 1.97. The van der Waals surface area contributed by atoms with E-state index in [1.165, 1.54) is 12.1 Å². The number of aliphatic hydroxyl groups is 1. The highest BCUT2D eigenvalue weighted by Gasteiger charge is 2.06. The van der Waals surface area contributed by atoms with E-state index in [1.807, 2.05) is 20.1 Å². The Morgan fingerprint density at radius 2 is 1.76 bits per heavy atom. The number of carbonyl (C=O) groups is 2. The molecule has 3 N–H and O–H groups in total. The molecule has 21 heavy (non-hydrogen) atoms. The average molecular weight is 319 g/mol. The summed E-state index contributed by atoms with van der Waals surface area (Å²) in [5.41, 5.74) is 0.229. The zero-order chi connectivity index (χ0) is 16.7. The Labute approximate surface area is 128 Å². The van der Waals surface area contributed by atoms with Gasteiger partial charge < -0.3 is 15.5 Å². The van der Waals surface area contributed by atoms with E-state index in [-0.39, 0.29) is 5.56 Å². The minimum atomic E-state index is -1.12. The lowest BCUT2D eigenvalue weighted by atomic mass is 10.2. The number of hydrogen-bond acceptors (Lipinski definition) is 4. The van der Waals surface area contributed by atoms with Gasteiger partial charge in [-0.1, -0.05) is 13.8 Å². The third-order valence-corrected chi connectivity index (χ3v) is 2.39. The van der Waals surface area contributed by atoms with Crippen molar-refractivity contribution in [3.05, 3.63) is 35.6 Å². The summed E-state index contributed by atoms with van der Waals surface area (Å²) in [6, 6.07) is 4.84. The summed E-state index contributed by atoms with van der Waals surface area (Å²) in [7, 11) is 0. The van der Waals surface area contributed by atoms with Crippen LogP contribution in [0.3, 0.4) is 0 Å². The number of carboxylic acids is 1. The van der Waals surface area contributed by atoms with Crippen molar-refractivity contribution in [3.63, 3.8) is 0 Å². The molecule has 0 unspecified atom stereocenters. The van der Waals surface area contributed by atoms with Gasteiger partial charge in [0, 0.05) is 11.3 Å². The van der Waals surface area contributed by atoms with E-state index >= 15 is 0 Å². The maximum absolute atomic E-state index is 12.4. The first-order valence-corrected chi connectivity index (χ1v) is 7.76. The maximum atomic E-state index is 12.4. The molecular weight excluding hydrogens is 297 g/mol. The Morgan fingerprint density at radius 1 is 1.24 bits per heavy atom. The van der Waals surface area contributed by atoms with Gasteiger partial charge in [0.1, 0.15) is 12.4 Å². The van der Waals surface area contributed by atoms with Crippen LogP contribution in [0.4, 0.5) is 4.39 Å². The summed E-state index contributed by atoms with van der Waals surface area (Å²) < 4.78 is 12.4. The van der Waals surface area contributed by atoms with Gasteiger partial charge >= 0.3 is 5.97 Å². The molecular formula is C14H22FNO4S. The molecule has 0 saturated heterocycles. The molecule has 0 atom stereocenters. The molecule has 0 aliphatic carbocycles. The molecule has 0 aliphatic heterocycles. The summed E-state index contributed by atoms with van der Waals surface area (Å²) >= 11 is 1.65. The quantitative estimate of drug-likeness (QED) is 0.773. The van der Waals surface area contributed by atoms with Gasteiger partial charge in [0.15, 0.2) is 0 Å². The highest BCUT2D eigenvalue weighted by atomic mass is 32.2. The second kappa shape index (κ2) is 14.8. The molecule has 1 aromatic rings. The predicted molar refractivity (Wildman–Crippen MR) is 83.2 cm³/mol. The number of aliphatic hydroxyl groups excluding tert-OH is 1. The number of carbonyl (C=O) groups excluding carboxylic acids is 1. The average Bonchev–Trinajstić information content (AvgIpc) is 2.49. The summed E-state index contributed by atoms with van der Waals surface area (Å²) in [6.45, 7) is 3.86. The number of amides is 1. The molecule has 7 heteroatoms. The normalized spacial score (nSPS) is 8.62. The molecule has 0 bridgehead atoms. The van der Waals surface area contributed by atoms with Crippen LogP contribution < -0.4 is 5.32 Å². The van der Waals surface area contributed by atoms with E-state index in [0.717, 1.165) is 17.9 Å². The van der Waals surface area contributed by atoms with Gasteiger partial charge in [0.05, 0.1) is 6.61 Å². The second-order valence-electron chi connectivity index (χ2n) is 3.30. The van der Waals surface area contributed by atoms with Crippen LogP contribution in [0.1, 0.15) is 24.2 Å². The lowest BCUT2D eigenvalue weighted by molar-refractivity contribution is -0.135. The fourth-order valence-corrected chi connectivity index (χ4v) is 1.13. The van der Waals surface area contributed by atoms with E-state index in [4.69, 9.17) is 10.2 Å². The number of aliphatic carboxylic acids is 1. The van der Waals surface area contributed by atoms with Crippen molar-refractivity contribution in [2.24, 2.45) is 0 Å². The summed E-state index contributed by atoms with van der Waals surface area (Å²) in [4.78, 5) is 21.3. The highest BCUT2D eigenvalue weighted by molar-refractivity contribution is 7.98. The number of rotatable bonds is 5. The van der Waals surface area contributed by atoms with Crippen LogP contribution in [0.2, 0.25) is 0 Å². The second-order valence-corrected chi connectivity index (χ2v) is 4.29. The van der Waals surface area contributed by atoms with Crippen LogP contribution in [0.5, 0.6) is 0 Å². The first-order chi connectivity index (χ1) is 10.0. The van der Waals surface area contributed by atoms with Gasteiger partial charge in [0.25, 0.3) is 5.91 Å². The smallest absolute Gasteiger partial charge is 0.322 e. The lowest BCUT2D eigenvalue weighted by Gasteiger charge is -2.01. The van der Waals surface area contributed by atoms with Gasteiger partial charge in [-0.25, -0.2) is 4.39 Å². The Hall–Kier alpha value is -1.60. The number of benzene rings is 1. The molecule has 1 rings (SSSR count). The molecule has 1 amide bonds. The van der Waals surface area contributed by atoms with Gasteiger partial charge in [-0.05, 0) is 30.5 Å². The van der Waals surface area contributed by atoms with Gasteiger partial charge in [0.2, 0.25) is 0 Å². The molecule has 0 heterocycles. The summed E-state index contributed by atoms with van der Waals surface area (Å²) in [5, 5.41) is 18.5. The molecule has 0 radical (unpaired) electrons. The van der Waals surface area contributed by atoms with Crippen molar-refractivity contribution >= 4 is 23.6 Å². The van der Waals surface area contributed by atoms with E-state index in [9.17, 15) is 14.0 Å². The Morgan fingerprint density at radius 3 is 2.10 bits per heavy atom. The third kappa shape index (κ3) is 13.1. The largest absolute Gasteiger partial charge is 0.480 e. The molecule has 120 valence electrons. The van der Waals surface area contributed by atoms with Gasteiger partial charge in [-0.15, -0.1) is 0 Å². The van der Waals surface area contributed by atoms with E-state index in [1.54, 1.807) is 11.8 Å². The van der Waals surface area contributed by atoms with Gasteiger partial charge in [-0.3, -0.25) is 9.59 Å². The predicted octanol–water partition coefficient (Wildman–Crippen LogP) is 2.01. The lowest BCUT2D eigenvalue weighted by Crippen LogP contribution is -2.29. The fourth-order valence-electron chi connectivity index (χ4n) is 0.951. The standard InChI is InChI=1S/C9H8FNO3.C3H8OS.C2H6/c10-7-3-1-6(2-4-7)9(14)11-5-8(12)13;1-5-3-2-4;1-2/h1-4H,5H2,(H,11,14)(H,12,13);4H,2-3H2,1H3;1-2H3. The minimum absolute atomic E-state index is 0.229. The van der Waals surface area contributed by atoms with Gasteiger partial charge in [-0.2, -0.15) is 11.8 Å². The van der Waals surface area contributed by atoms with Crippen LogP contribution >= 0.6 is 11.8 Å². The third-order valence-electron chi connectivity index (χ3n) is 1.80. The van der Waals surface area contributed by atoms with Crippen molar-refractivity contribution in [2.45, 2.75) is 13.8 Å². The Kier molecular flexibility index (Phi) is 15.3. The SMILES string of the molecule is CC.CSCCO.O=C(O)CNC(=O)c1ccc(F)cc1. The number of halogens is 1. The van der Waals surface area contributed by atoms with E-state index in [0.29, 0.717) is 6.61 Å². The molecule has 0 aromatic heterocycles. The van der Waals surface area contributed by atoms with Crippen molar-refractivity contribution in [2.75, 3.05) is 25.2 Å². The molecule has 1 aromatic carbocycles. The number of carboxylic acid groups (broad SMARTS) is 1. The molecule has 5 nitrogen and oxygen atoms in total. The molecule has 0 spiro atoms. The molecule has 0 fully saturated rings. The zero-order valence-electron chi connectivity index (χ0n) is 12.4. The Bertz CT molecular complexity index is 396. The maximum Gasteiger partial charge on any atom is 0.322 e. The van der Waals surface area contributed by atoms with E-state index in [2.05, 4.69) is 5.32 Å². The topological polar surface area (TPSA) is 86.6 Å². The first kappa shape index (κ1) is 21.7. The van der Waals surface area contributed by atoms with Crippen LogP contribution in [0, 0.1) is 5.82 Å². The molecule has 0 saturated carbocycles. The van der Waals surface area contributed by atoms with Crippen LogP contribution in [0.15, 0.2) is 24.3 Å². The highest BCUT2D eigenvalue weighted by Crippen LogP contribution is 2.01. The zero-order valence-corrected chi connectivity index (χ0v) is 13.2.